The monoisotopic (exact) mass is 263 g/mol. The second-order valence-electron chi connectivity index (χ2n) is 4.76. The summed E-state index contributed by atoms with van der Waals surface area (Å²) in [7, 11) is 0. The molecule has 4 nitrogen and oxygen atoms in total. The third kappa shape index (κ3) is 6.25. The number of para-hydroxylation sites is 1. The Hall–Kier alpha value is -1.55. The largest absolute Gasteiger partial charge is 0.494 e. The van der Waals surface area contributed by atoms with Crippen molar-refractivity contribution in [3.05, 3.63) is 30.3 Å². The van der Waals surface area contributed by atoms with Gasteiger partial charge < -0.3 is 15.4 Å². The Bertz CT molecular complexity index is 367. The molecule has 0 aliphatic carbocycles. The van der Waals surface area contributed by atoms with E-state index in [1.54, 1.807) is 0 Å². The van der Waals surface area contributed by atoms with Gasteiger partial charge in [-0.25, -0.2) is 0 Å². The number of ether oxygens (including phenoxy) is 1. The molecule has 106 valence electrons. The highest BCUT2D eigenvalue weighted by atomic mass is 16.5. The number of nitrogens with zero attached hydrogens (tertiary/aromatic N) is 1. The second-order valence-corrected chi connectivity index (χ2v) is 4.76. The summed E-state index contributed by atoms with van der Waals surface area (Å²) in [5.41, 5.74) is 5.50. The van der Waals surface area contributed by atoms with Crippen molar-refractivity contribution in [2.45, 2.75) is 20.3 Å². The average molecular weight is 263 g/mol. The lowest BCUT2D eigenvalue weighted by molar-refractivity contribution is 0.232. The Morgan fingerprint density at radius 3 is 2.63 bits per heavy atom. The lowest BCUT2D eigenvalue weighted by Crippen LogP contribution is -2.35. The molecule has 1 unspecified atom stereocenters. The Kier molecular flexibility index (Phi) is 6.97. The fourth-order valence-electron chi connectivity index (χ4n) is 1.86. The summed E-state index contributed by atoms with van der Waals surface area (Å²) in [5, 5.41) is 7.42. The molecule has 1 rings (SSSR count). The van der Waals surface area contributed by atoms with Crippen molar-refractivity contribution in [3.8, 4) is 5.75 Å². The van der Waals surface area contributed by atoms with Crippen LogP contribution in [0.3, 0.4) is 0 Å². The Balaban J connectivity index is 2.21. The molecular formula is C15H25N3O. The Labute approximate surface area is 116 Å². The predicted octanol–water partition coefficient (Wildman–Crippen LogP) is 2.35. The smallest absolute Gasteiger partial charge is 0.119 e. The molecule has 19 heavy (non-hydrogen) atoms. The van der Waals surface area contributed by atoms with E-state index in [0.29, 0.717) is 0 Å². The molecule has 0 bridgehead atoms. The molecule has 1 atom stereocenters. The van der Waals surface area contributed by atoms with Crippen molar-refractivity contribution in [2.24, 2.45) is 11.7 Å². The van der Waals surface area contributed by atoms with Gasteiger partial charge in [0.15, 0.2) is 0 Å². The van der Waals surface area contributed by atoms with E-state index in [1.807, 2.05) is 37.3 Å². The van der Waals surface area contributed by atoms with Gasteiger partial charge in [0, 0.05) is 19.0 Å². The standard InChI is InChI=1S/C15H25N3O/c1-3-18(12-13(2)15(16)17)10-7-11-19-14-8-5-4-6-9-14/h4-6,8-9,13H,3,7,10-12H2,1-2H3,(H3,16,17). The molecule has 0 radical (unpaired) electrons. The molecule has 0 saturated heterocycles. The third-order valence-electron chi connectivity index (χ3n) is 3.14. The van der Waals surface area contributed by atoms with Crippen molar-refractivity contribution >= 4 is 5.84 Å². The van der Waals surface area contributed by atoms with Crippen molar-refractivity contribution in [1.29, 1.82) is 5.41 Å². The predicted molar refractivity (Wildman–Crippen MR) is 79.7 cm³/mol. The lowest BCUT2D eigenvalue weighted by atomic mass is 10.1. The minimum atomic E-state index is 0.120. The molecular weight excluding hydrogens is 238 g/mol. The van der Waals surface area contributed by atoms with Gasteiger partial charge in [-0.3, -0.25) is 5.41 Å². The quantitative estimate of drug-likeness (QED) is 0.408. The van der Waals surface area contributed by atoms with Crippen LogP contribution in [0.4, 0.5) is 0 Å². The maximum absolute atomic E-state index is 7.42. The number of benzene rings is 1. The summed E-state index contributed by atoms with van der Waals surface area (Å²) < 4.78 is 5.66. The van der Waals surface area contributed by atoms with Gasteiger partial charge in [0.25, 0.3) is 0 Å². The van der Waals surface area contributed by atoms with Crippen LogP contribution in [-0.4, -0.2) is 37.0 Å². The molecule has 3 N–H and O–H groups in total. The molecule has 1 aromatic carbocycles. The van der Waals surface area contributed by atoms with Crippen LogP contribution < -0.4 is 10.5 Å². The van der Waals surface area contributed by atoms with Gasteiger partial charge in [0.1, 0.15) is 5.75 Å². The molecule has 0 aromatic heterocycles. The number of nitrogens with one attached hydrogen (secondary N) is 1. The van der Waals surface area contributed by atoms with Crippen molar-refractivity contribution in [3.63, 3.8) is 0 Å². The zero-order valence-electron chi connectivity index (χ0n) is 11.9. The SMILES string of the molecule is CCN(CCCOc1ccccc1)CC(C)C(=N)N. The molecule has 0 heterocycles. The topological polar surface area (TPSA) is 62.3 Å². The van der Waals surface area contributed by atoms with Crippen molar-refractivity contribution < 1.29 is 4.74 Å². The van der Waals surface area contributed by atoms with E-state index >= 15 is 0 Å². The maximum atomic E-state index is 7.42. The average Bonchev–Trinajstić information content (AvgIpc) is 2.43. The van der Waals surface area contributed by atoms with Crippen molar-refractivity contribution in [1.82, 2.24) is 4.90 Å². The summed E-state index contributed by atoms with van der Waals surface area (Å²) in [4.78, 5) is 2.31. The third-order valence-corrected chi connectivity index (χ3v) is 3.14. The number of hydrogen-bond acceptors (Lipinski definition) is 3. The van der Waals surface area contributed by atoms with Crippen LogP contribution >= 0.6 is 0 Å². The molecule has 0 spiro atoms. The number of nitrogens with two attached hydrogens (primary N) is 1. The normalized spacial score (nSPS) is 12.4. The second kappa shape index (κ2) is 8.53. The van der Waals surface area contributed by atoms with E-state index in [9.17, 15) is 0 Å². The summed E-state index contributed by atoms with van der Waals surface area (Å²) in [6.45, 7) is 7.63. The Morgan fingerprint density at radius 2 is 2.05 bits per heavy atom. The maximum Gasteiger partial charge on any atom is 0.119 e. The van der Waals surface area contributed by atoms with Gasteiger partial charge >= 0.3 is 0 Å². The highest BCUT2D eigenvalue weighted by molar-refractivity contribution is 5.79. The van der Waals surface area contributed by atoms with E-state index in [4.69, 9.17) is 15.9 Å². The minimum Gasteiger partial charge on any atom is -0.494 e. The van der Waals surface area contributed by atoms with Crippen LogP contribution in [-0.2, 0) is 0 Å². The van der Waals surface area contributed by atoms with Crippen LogP contribution in [0.25, 0.3) is 0 Å². The van der Waals surface area contributed by atoms with Crippen molar-refractivity contribution in [2.75, 3.05) is 26.2 Å². The fourth-order valence-corrected chi connectivity index (χ4v) is 1.86. The number of hydrogen-bond donors (Lipinski definition) is 2. The van der Waals surface area contributed by atoms with Gasteiger partial charge in [-0.2, -0.15) is 0 Å². The number of rotatable bonds is 9. The van der Waals surface area contributed by atoms with Gasteiger partial charge in [0.05, 0.1) is 12.4 Å². The molecule has 0 aliphatic rings. The molecule has 4 heteroatoms. The zero-order valence-corrected chi connectivity index (χ0v) is 11.9. The van der Waals surface area contributed by atoms with E-state index in [2.05, 4.69) is 11.8 Å². The van der Waals surface area contributed by atoms with Crippen LogP contribution in [0, 0.1) is 11.3 Å². The van der Waals surface area contributed by atoms with Gasteiger partial charge in [0.2, 0.25) is 0 Å². The van der Waals surface area contributed by atoms with Gasteiger partial charge in [-0.1, -0.05) is 32.0 Å². The minimum absolute atomic E-state index is 0.120. The Morgan fingerprint density at radius 1 is 1.37 bits per heavy atom. The summed E-state index contributed by atoms with van der Waals surface area (Å²) in [5.74, 6) is 1.30. The van der Waals surface area contributed by atoms with E-state index < -0.39 is 0 Å². The van der Waals surface area contributed by atoms with Gasteiger partial charge in [-0.05, 0) is 25.1 Å². The highest BCUT2D eigenvalue weighted by Gasteiger charge is 2.10. The summed E-state index contributed by atoms with van der Waals surface area (Å²) in [6, 6.07) is 9.87. The molecule has 1 aromatic rings. The lowest BCUT2D eigenvalue weighted by Gasteiger charge is -2.23. The highest BCUT2D eigenvalue weighted by Crippen LogP contribution is 2.08. The summed E-state index contributed by atoms with van der Waals surface area (Å²) >= 11 is 0. The molecule has 0 fully saturated rings. The molecule has 0 amide bonds. The van der Waals surface area contributed by atoms with E-state index in [-0.39, 0.29) is 11.8 Å². The first-order chi connectivity index (χ1) is 9.13. The zero-order chi connectivity index (χ0) is 14.1. The van der Waals surface area contributed by atoms with E-state index in [1.165, 1.54) is 0 Å². The summed E-state index contributed by atoms with van der Waals surface area (Å²) in [6.07, 6.45) is 0.980. The van der Waals surface area contributed by atoms with Gasteiger partial charge in [-0.15, -0.1) is 0 Å². The van der Waals surface area contributed by atoms with Crippen LogP contribution in [0.1, 0.15) is 20.3 Å². The first-order valence-electron chi connectivity index (χ1n) is 6.87. The fraction of sp³-hybridized carbons (Fsp3) is 0.533. The van der Waals surface area contributed by atoms with Crippen LogP contribution in [0.15, 0.2) is 30.3 Å². The molecule has 0 saturated carbocycles. The van der Waals surface area contributed by atoms with Crippen LogP contribution in [0.5, 0.6) is 5.75 Å². The van der Waals surface area contributed by atoms with Crippen LogP contribution in [0.2, 0.25) is 0 Å². The molecule has 0 aliphatic heterocycles. The number of amidine groups is 1. The first-order valence-corrected chi connectivity index (χ1v) is 6.87. The van der Waals surface area contributed by atoms with E-state index in [0.717, 1.165) is 38.4 Å². The first kappa shape index (κ1) is 15.5.